The van der Waals surface area contributed by atoms with E-state index >= 15 is 0 Å². The Balaban J connectivity index is 2.10. The highest BCUT2D eigenvalue weighted by atomic mass is 19.1. The van der Waals surface area contributed by atoms with E-state index in [1.54, 1.807) is 24.9 Å². The summed E-state index contributed by atoms with van der Waals surface area (Å²) in [5.41, 5.74) is 0.170. The first-order chi connectivity index (χ1) is 8.58. The summed E-state index contributed by atoms with van der Waals surface area (Å²) in [6.45, 7) is 1.77. The average Bonchev–Trinajstić information content (AvgIpc) is 2.75. The molecule has 0 unspecified atom stereocenters. The van der Waals surface area contributed by atoms with Crippen LogP contribution in [0.2, 0.25) is 0 Å². The van der Waals surface area contributed by atoms with Crippen molar-refractivity contribution in [3.8, 4) is 0 Å². The topological polar surface area (TPSA) is 72.7 Å². The van der Waals surface area contributed by atoms with Crippen LogP contribution in [0.4, 0.5) is 4.39 Å². The van der Waals surface area contributed by atoms with E-state index in [9.17, 15) is 9.18 Å². The molecule has 0 bridgehead atoms. The molecule has 1 N–H and O–H groups in total. The van der Waals surface area contributed by atoms with E-state index < -0.39 is 11.7 Å². The first kappa shape index (κ1) is 12.2. The van der Waals surface area contributed by atoms with Crippen LogP contribution in [0.3, 0.4) is 0 Å². The average molecular weight is 249 g/mol. The van der Waals surface area contributed by atoms with Gasteiger partial charge in [-0.1, -0.05) is 0 Å². The number of carbonyl (C=O) groups excluding carboxylic acids is 1. The Hall–Kier alpha value is -2.31. The maximum atomic E-state index is 12.9. The molecule has 6 nitrogen and oxygen atoms in total. The van der Waals surface area contributed by atoms with E-state index in [1.807, 2.05) is 0 Å². The van der Waals surface area contributed by atoms with Crippen molar-refractivity contribution < 1.29 is 9.18 Å². The number of hydrogen-bond donors (Lipinski definition) is 1. The van der Waals surface area contributed by atoms with E-state index in [-0.39, 0.29) is 11.6 Å². The van der Waals surface area contributed by atoms with Gasteiger partial charge >= 0.3 is 0 Å². The standard InChI is InChI=1S/C11H12FN5O/c1-7(10-16-14-6-17(10)2)15-11(18)8-3-9(12)5-13-4-8/h3-7H,1-2H3,(H,15,18)/t7-/m1/s1. The molecule has 0 aliphatic carbocycles. The maximum absolute atomic E-state index is 12.9. The maximum Gasteiger partial charge on any atom is 0.253 e. The number of nitrogens with one attached hydrogen (secondary N) is 1. The van der Waals surface area contributed by atoms with Gasteiger partial charge in [0.25, 0.3) is 5.91 Å². The lowest BCUT2D eigenvalue weighted by atomic mass is 10.2. The SMILES string of the molecule is C[C@@H](NC(=O)c1cncc(F)c1)c1nncn1C. The Morgan fingerprint density at radius 3 is 2.89 bits per heavy atom. The molecule has 1 atom stereocenters. The first-order valence-corrected chi connectivity index (χ1v) is 5.33. The molecule has 0 aromatic carbocycles. The normalized spacial score (nSPS) is 12.2. The minimum atomic E-state index is -0.547. The van der Waals surface area contributed by atoms with Crippen LogP contribution in [0.25, 0.3) is 0 Å². The highest BCUT2D eigenvalue weighted by Gasteiger charge is 2.15. The predicted molar refractivity (Wildman–Crippen MR) is 61.1 cm³/mol. The second-order valence-electron chi connectivity index (χ2n) is 3.89. The zero-order chi connectivity index (χ0) is 13.1. The number of aromatic nitrogens is 4. The van der Waals surface area contributed by atoms with Crippen molar-refractivity contribution in [2.45, 2.75) is 13.0 Å². The van der Waals surface area contributed by atoms with Crippen molar-refractivity contribution >= 4 is 5.91 Å². The Kier molecular flexibility index (Phi) is 3.31. The lowest BCUT2D eigenvalue weighted by molar-refractivity contribution is 0.0937. The number of rotatable bonds is 3. The van der Waals surface area contributed by atoms with Gasteiger partial charge in [0.15, 0.2) is 5.82 Å². The second kappa shape index (κ2) is 4.91. The fourth-order valence-electron chi connectivity index (χ4n) is 1.56. The molecule has 94 valence electrons. The van der Waals surface area contributed by atoms with Crippen molar-refractivity contribution in [1.29, 1.82) is 0 Å². The molecule has 0 saturated carbocycles. The van der Waals surface area contributed by atoms with Crippen molar-refractivity contribution in [2.24, 2.45) is 7.05 Å². The Labute approximate surface area is 103 Å². The van der Waals surface area contributed by atoms with E-state index in [2.05, 4.69) is 20.5 Å². The highest BCUT2D eigenvalue weighted by Crippen LogP contribution is 2.09. The molecule has 0 saturated heterocycles. The number of carbonyl (C=O) groups is 1. The van der Waals surface area contributed by atoms with Crippen LogP contribution in [-0.2, 0) is 7.05 Å². The van der Waals surface area contributed by atoms with Gasteiger partial charge in [0.2, 0.25) is 0 Å². The van der Waals surface area contributed by atoms with Crippen molar-refractivity contribution in [1.82, 2.24) is 25.1 Å². The summed E-state index contributed by atoms with van der Waals surface area (Å²) in [5, 5.41) is 10.3. The molecule has 2 aromatic heterocycles. The fraction of sp³-hybridized carbons (Fsp3) is 0.273. The number of hydrogen-bond acceptors (Lipinski definition) is 4. The quantitative estimate of drug-likeness (QED) is 0.874. The lowest BCUT2D eigenvalue weighted by Gasteiger charge is -2.12. The summed E-state index contributed by atoms with van der Waals surface area (Å²) < 4.78 is 14.6. The van der Waals surface area contributed by atoms with Gasteiger partial charge in [0, 0.05) is 13.2 Å². The summed E-state index contributed by atoms with van der Waals surface area (Å²) >= 11 is 0. The third kappa shape index (κ3) is 2.50. The predicted octanol–water partition coefficient (Wildman–Crippen LogP) is 0.840. The van der Waals surface area contributed by atoms with Crippen LogP contribution in [0.15, 0.2) is 24.8 Å². The molecule has 0 aliphatic rings. The highest BCUT2D eigenvalue weighted by molar-refractivity contribution is 5.94. The van der Waals surface area contributed by atoms with Gasteiger partial charge in [-0.15, -0.1) is 10.2 Å². The monoisotopic (exact) mass is 249 g/mol. The van der Waals surface area contributed by atoms with Crippen LogP contribution in [0.1, 0.15) is 29.1 Å². The molecule has 2 heterocycles. The van der Waals surface area contributed by atoms with Crippen LogP contribution in [-0.4, -0.2) is 25.7 Å². The Morgan fingerprint density at radius 2 is 2.28 bits per heavy atom. The first-order valence-electron chi connectivity index (χ1n) is 5.33. The molecule has 2 aromatic rings. The van der Waals surface area contributed by atoms with Gasteiger partial charge in [-0.05, 0) is 13.0 Å². The van der Waals surface area contributed by atoms with Gasteiger partial charge in [-0.3, -0.25) is 9.78 Å². The number of amides is 1. The molecular weight excluding hydrogens is 237 g/mol. The second-order valence-corrected chi connectivity index (χ2v) is 3.89. The molecule has 2 rings (SSSR count). The molecule has 0 aliphatic heterocycles. The van der Waals surface area contributed by atoms with E-state index in [1.165, 1.54) is 6.20 Å². The van der Waals surface area contributed by atoms with Crippen LogP contribution < -0.4 is 5.32 Å². The Morgan fingerprint density at radius 1 is 1.50 bits per heavy atom. The van der Waals surface area contributed by atoms with Crippen molar-refractivity contribution in [3.63, 3.8) is 0 Å². The van der Waals surface area contributed by atoms with Crippen molar-refractivity contribution in [3.05, 3.63) is 42.0 Å². The van der Waals surface area contributed by atoms with E-state index in [0.29, 0.717) is 5.82 Å². The number of pyridine rings is 1. The van der Waals surface area contributed by atoms with Crippen molar-refractivity contribution in [2.75, 3.05) is 0 Å². The molecule has 0 fully saturated rings. The van der Waals surface area contributed by atoms with Gasteiger partial charge < -0.3 is 9.88 Å². The number of halogens is 1. The number of aryl methyl sites for hydroxylation is 1. The summed E-state index contributed by atoms with van der Waals surface area (Å²) in [6.07, 6.45) is 3.90. The summed E-state index contributed by atoms with van der Waals surface area (Å²) in [7, 11) is 1.78. The van der Waals surface area contributed by atoms with E-state index in [0.717, 1.165) is 12.3 Å². The number of nitrogens with zero attached hydrogens (tertiary/aromatic N) is 4. The molecule has 0 radical (unpaired) electrons. The largest absolute Gasteiger partial charge is 0.342 e. The van der Waals surface area contributed by atoms with Gasteiger partial charge in [-0.2, -0.15) is 0 Å². The van der Waals surface area contributed by atoms with Crippen LogP contribution in [0.5, 0.6) is 0 Å². The lowest BCUT2D eigenvalue weighted by Crippen LogP contribution is -2.28. The molecule has 1 amide bonds. The zero-order valence-corrected chi connectivity index (χ0v) is 9.96. The molecule has 0 spiro atoms. The summed E-state index contributed by atoms with van der Waals surface area (Å²) in [5.74, 6) is -0.334. The minimum absolute atomic E-state index is 0.170. The minimum Gasteiger partial charge on any atom is -0.342 e. The van der Waals surface area contributed by atoms with Crippen LogP contribution in [0, 0.1) is 5.82 Å². The van der Waals surface area contributed by atoms with Gasteiger partial charge in [0.05, 0.1) is 17.8 Å². The zero-order valence-electron chi connectivity index (χ0n) is 9.96. The summed E-state index contributed by atoms with van der Waals surface area (Å²) in [6, 6.07) is 0.805. The Bertz CT molecular complexity index is 568. The summed E-state index contributed by atoms with van der Waals surface area (Å²) in [4.78, 5) is 15.5. The van der Waals surface area contributed by atoms with Gasteiger partial charge in [0.1, 0.15) is 12.1 Å². The molecule has 7 heteroatoms. The van der Waals surface area contributed by atoms with Gasteiger partial charge in [-0.25, -0.2) is 4.39 Å². The third-order valence-electron chi connectivity index (χ3n) is 2.45. The smallest absolute Gasteiger partial charge is 0.253 e. The third-order valence-corrected chi connectivity index (χ3v) is 2.45. The molecular formula is C11H12FN5O. The fourth-order valence-corrected chi connectivity index (χ4v) is 1.56. The van der Waals surface area contributed by atoms with Crippen LogP contribution >= 0.6 is 0 Å². The molecule has 18 heavy (non-hydrogen) atoms. The van der Waals surface area contributed by atoms with E-state index in [4.69, 9.17) is 0 Å².